The van der Waals surface area contributed by atoms with Gasteiger partial charge in [-0.1, -0.05) is 41.5 Å². The molecule has 1 aromatic heterocycles. The van der Waals surface area contributed by atoms with Gasteiger partial charge in [0, 0.05) is 6.20 Å². The van der Waals surface area contributed by atoms with Gasteiger partial charge in [0.1, 0.15) is 18.0 Å². The van der Waals surface area contributed by atoms with Crippen molar-refractivity contribution in [2.45, 2.75) is 101 Å². The monoisotopic (exact) mass is 551 g/mol. The summed E-state index contributed by atoms with van der Waals surface area (Å²) in [6.45, 7) is 21.3. The summed E-state index contributed by atoms with van der Waals surface area (Å²) < 4.78 is 34.3. The average molecular weight is 553 g/mol. The Kier molecular flexibility index (Phi) is 7.67. The van der Waals surface area contributed by atoms with Crippen molar-refractivity contribution >= 4 is 38.4 Å². The van der Waals surface area contributed by atoms with Gasteiger partial charge in [-0.2, -0.15) is 4.98 Å². The third kappa shape index (κ3) is 5.55. The van der Waals surface area contributed by atoms with Crippen molar-refractivity contribution in [1.82, 2.24) is 9.55 Å². The highest BCUT2D eigenvalue weighted by atomic mass is 79.9. The normalized spacial score (nSPS) is 27.7. The van der Waals surface area contributed by atoms with Gasteiger partial charge >= 0.3 is 5.69 Å². The Balaban J connectivity index is 2.45. The molecule has 4 atom stereocenters. The molecular weight excluding hydrogens is 513 g/mol. The molecule has 0 radical (unpaired) electrons. The lowest BCUT2D eigenvalue weighted by Gasteiger charge is -2.42. The molecule has 0 aromatic carbocycles. The maximum Gasteiger partial charge on any atom is 0.351 e. The minimum Gasteiger partial charge on any atom is -0.414 e. The van der Waals surface area contributed by atoms with Crippen molar-refractivity contribution in [3.05, 3.63) is 22.7 Å². The fourth-order valence-corrected chi connectivity index (χ4v) is 6.07. The van der Waals surface area contributed by atoms with E-state index in [0.717, 1.165) is 4.57 Å². The second-order valence-corrected chi connectivity index (χ2v) is 22.4. The quantitative estimate of drug-likeness (QED) is 0.386. The number of nitrogen functional groups attached to an aromatic ring is 1. The van der Waals surface area contributed by atoms with Gasteiger partial charge in [0.05, 0.1) is 6.61 Å². The van der Waals surface area contributed by atoms with E-state index in [1.807, 2.05) is 0 Å². The van der Waals surface area contributed by atoms with E-state index in [-0.39, 0.29) is 22.5 Å². The average Bonchev–Trinajstić information content (AvgIpc) is 2.82. The molecule has 1 saturated heterocycles. The summed E-state index contributed by atoms with van der Waals surface area (Å²) in [5.74, 6) is 0.0650. The zero-order valence-corrected chi connectivity index (χ0v) is 24.5. The highest BCUT2D eigenvalue weighted by Crippen LogP contribution is 2.50. The predicted molar refractivity (Wildman–Crippen MR) is 135 cm³/mol. The van der Waals surface area contributed by atoms with Crippen LogP contribution in [0.4, 0.5) is 10.2 Å². The molecule has 2 rings (SSSR count). The van der Waals surface area contributed by atoms with E-state index < -0.39 is 45.3 Å². The van der Waals surface area contributed by atoms with E-state index >= 15 is 4.39 Å². The van der Waals surface area contributed by atoms with Crippen LogP contribution in [0.2, 0.25) is 36.3 Å². The molecule has 7 nitrogen and oxygen atoms in total. The SMILES string of the molecule is CC(C)(C)[Si](C)(C)OC[C@H]1O[C@@H](n2ccc(N)nc2=O)[C@@](F)(Br)[C@@H]1O[Si](C)(C)C(C)(C)C. The van der Waals surface area contributed by atoms with Crippen LogP contribution >= 0.6 is 15.9 Å². The Labute approximate surface area is 201 Å². The van der Waals surface area contributed by atoms with Crippen LogP contribution in [0.15, 0.2) is 17.1 Å². The molecule has 0 amide bonds. The highest BCUT2D eigenvalue weighted by molar-refractivity contribution is 9.10. The van der Waals surface area contributed by atoms with Crippen molar-refractivity contribution < 1.29 is 18.0 Å². The Hall–Kier alpha value is -0.596. The van der Waals surface area contributed by atoms with Crippen LogP contribution in [-0.4, -0.2) is 49.6 Å². The van der Waals surface area contributed by atoms with Crippen LogP contribution in [0.25, 0.3) is 0 Å². The summed E-state index contributed by atoms with van der Waals surface area (Å²) in [6, 6.07) is 1.44. The van der Waals surface area contributed by atoms with E-state index in [4.69, 9.17) is 19.3 Å². The summed E-state index contributed by atoms with van der Waals surface area (Å²) in [4.78, 5) is 16.2. The first-order chi connectivity index (χ1) is 14.2. The van der Waals surface area contributed by atoms with E-state index in [1.165, 1.54) is 12.3 Å². The maximum atomic E-state index is 16.4. The van der Waals surface area contributed by atoms with E-state index in [1.54, 1.807) is 0 Å². The molecule has 0 unspecified atom stereocenters. The van der Waals surface area contributed by atoms with Gasteiger partial charge in [-0.15, -0.1) is 0 Å². The number of ether oxygens (including phenoxy) is 1. The second kappa shape index (κ2) is 8.88. The molecule has 1 aliphatic rings. The van der Waals surface area contributed by atoms with Crippen LogP contribution in [0.5, 0.6) is 0 Å². The number of nitrogens with two attached hydrogens (primary N) is 1. The zero-order chi connectivity index (χ0) is 24.9. The first-order valence-corrected chi connectivity index (χ1v) is 17.5. The number of hydrogen-bond acceptors (Lipinski definition) is 6. The highest BCUT2D eigenvalue weighted by Gasteiger charge is 2.61. The molecule has 11 heteroatoms. The molecule has 2 N–H and O–H groups in total. The third-order valence-corrected chi connectivity index (χ3v) is 16.9. The maximum absolute atomic E-state index is 16.4. The number of alkyl halides is 2. The van der Waals surface area contributed by atoms with Gasteiger partial charge in [0.25, 0.3) is 0 Å². The number of halogens is 2. The Morgan fingerprint density at radius 2 is 1.72 bits per heavy atom. The van der Waals surface area contributed by atoms with Crippen LogP contribution < -0.4 is 11.4 Å². The predicted octanol–water partition coefficient (Wildman–Crippen LogP) is 5.20. The molecule has 1 aromatic rings. The second-order valence-electron chi connectivity index (χ2n) is 11.6. The van der Waals surface area contributed by atoms with Gasteiger partial charge in [-0.05, 0) is 58.3 Å². The minimum atomic E-state index is -2.38. The molecule has 0 bridgehead atoms. The van der Waals surface area contributed by atoms with Crippen molar-refractivity contribution in [2.75, 3.05) is 12.3 Å². The molecule has 0 aliphatic carbocycles. The molecule has 0 saturated carbocycles. The summed E-state index contributed by atoms with van der Waals surface area (Å²) in [6.07, 6.45) is -1.56. The lowest BCUT2D eigenvalue weighted by Crippen LogP contribution is -2.52. The van der Waals surface area contributed by atoms with Gasteiger partial charge in [-0.25, -0.2) is 9.18 Å². The largest absolute Gasteiger partial charge is 0.414 e. The summed E-state index contributed by atoms with van der Waals surface area (Å²) >= 11 is 3.23. The number of aromatic nitrogens is 2. The van der Waals surface area contributed by atoms with Crippen LogP contribution in [0.1, 0.15) is 47.8 Å². The summed E-state index contributed by atoms with van der Waals surface area (Å²) in [5, 5.41) is -0.154. The fourth-order valence-electron chi connectivity index (χ4n) is 2.85. The first kappa shape index (κ1) is 27.6. The van der Waals surface area contributed by atoms with Gasteiger partial charge in [0.2, 0.25) is 4.58 Å². The fraction of sp³-hybridized carbons (Fsp3) is 0.810. The van der Waals surface area contributed by atoms with Crippen LogP contribution in [0, 0.1) is 0 Å². The standard InChI is InChI=1S/C21H39BrFN3O4Si2/c1-19(2,3)31(7,8)28-13-14-16(30-32(9,10)20(4,5)6)21(22,23)17(29-14)26-12-11-15(24)25-18(26)27/h11-12,14,16-17H,13H2,1-10H3,(H2,24,25,27)/t14-,16-,17-,21-/m1/s1. The van der Waals surface area contributed by atoms with Gasteiger partial charge in [0.15, 0.2) is 22.9 Å². The lowest BCUT2D eigenvalue weighted by molar-refractivity contribution is -0.0474. The van der Waals surface area contributed by atoms with Gasteiger partial charge in [-0.3, -0.25) is 4.57 Å². The number of anilines is 1. The van der Waals surface area contributed by atoms with Crippen molar-refractivity contribution in [1.29, 1.82) is 0 Å². The lowest BCUT2D eigenvalue weighted by atomic mass is 10.1. The van der Waals surface area contributed by atoms with E-state index in [9.17, 15) is 4.79 Å². The number of nitrogens with zero attached hydrogens (tertiary/aromatic N) is 2. The number of rotatable bonds is 6. The van der Waals surface area contributed by atoms with E-state index in [2.05, 4.69) is 88.6 Å². The molecule has 0 spiro atoms. The first-order valence-electron chi connectivity index (χ1n) is 10.9. The number of hydrogen-bond donors (Lipinski definition) is 1. The molecule has 2 heterocycles. The topological polar surface area (TPSA) is 88.6 Å². The third-order valence-electron chi connectivity index (χ3n) is 7.10. The summed E-state index contributed by atoms with van der Waals surface area (Å²) in [7, 11) is -4.51. The minimum absolute atomic E-state index is 0.0141. The molecule has 1 fully saturated rings. The van der Waals surface area contributed by atoms with E-state index in [0.29, 0.717) is 0 Å². The summed E-state index contributed by atoms with van der Waals surface area (Å²) in [5.41, 5.74) is 4.92. The Morgan fingerprint density at radius 3 is 2.19 bits per heavy atom. The zero-order valence-electron chi connectivity index (χ0n) is 21.0. The molecule has 32 heavy (non-hydrogen) atoms. The van der Waals surface area contributed by atoms with Crippen LogP contribution in [0.3, 0.4) is 0 Å². The smallest absolute Gasteiger partial charge is 0.351 e. The van der Waals surface area contributed by atoms with Crippen molar-refractivity contribution in [3.8, 4) is 0 Å². The Bertz CT molecular complexity index is 881. The molecule has 1 aliphatic heterocycles. The van der Waals surface area contributed by atoms with Crippen LogP contribution in [-0.2, 0) is 13.6 Å². The Morgan fingerprint density at radius 1 is 1.19 bits per heavy atom. The van der Waals surface area contributed by atoms with Gasteiger partial charge < -0.3 is 19.3 Å². The van der Waals surface area contributed by atoms with Crippen molar-refractivity contribution in [3.63, 3.8) is 0 Å². The molecule has 184 valence electrons. The molecular formula is C21H39BrFN3O4Si2. The van der Waals surface area contributed by atoms with Crippen molar-refractivity contribution in [2.24, 2.45) is 0 Å².